The first-order valence-corrected chi connectivity index (χ1v) is 8.12. The maximum atomic E-state index is 6.18. The number of halogens is 1. The van der Waals surface area contributed by atoms with Gasteiger partial charge in [-0.15, -0.1) is 0 Å². The first kappa shape index (κ1) is 18.8. The third kappa shape index (κ3) is 7.14. The van der Waals surface area contributed by atoms with E-state index in [1.807, 2.05) is 24.3 Å². The van der Waals surface area contributed by atoms with Crippen molar-refractivity contribution in [1.29, 1.82) is 0 Å². The molecule has 1 aromatic carbocycles. The maximum Gasteiger partial charge on any atom is 0.191 e. The summed E-state index contributed by atoms with van der Waals surface area (Å²) in [4.78, 5) is 6.83. The fourth-order valence-electron chi connectivity index (χ4n) is 2.37. The van der Waals surface area contributed by atoms with E-state index in [0.29, 0.717) is 6.54 Å². The molecule has 0 amide bonds. The lowest BCUT2D eigenvalue weighted by Crippen LogP contribution is -2.44. The smallest absolute Gasteiger partial charge is 0.191 e. The molecule has 5 heteroatoms. The number of benzene rings is 1. The van der Waals surface area contributed by atoms with Gasteiger partial charge in [-0.2, -0.15) is 0 Å². The standard InChI is InChI=1S/C17H29ClN4/c1-6-19-16(21-12-17(2,3)13-22(4)5)20-11-14-9-7-8-10-15(14)18/h7-10H,6,11-13H2,1-5H3,(H2,19,20,21). The van der Waals surface area contributed by atoms with Gasteiger partial charge < -0.3 is 15.5 Å². The van der Waals surface area contributed by atoms with E-state index in [1.165, 1.54) is 0 Å². The number of nitrogens with zero attached hydrogens (tertiary/aromatic N) is 2. The minimum Gasteiger partial charge on any atom is -0.357 e. The Morgan fingerprint density at radius 1 is 1.23 bits per heavy atom. The van der Waals surface area contributed by atoms with Crippen LogP contribution in [0.4, 0.5) is 0 Å². The van der Waals surface area contributed by atoms with E-state index in [1.54, 1.807) is 0 Å². The van der Waals surface area contributed by atoms with Gasteiger partial charge in [0.1, 0.15) is 0 Å². The highest BCUT2D eigenvalue weighted by atomic mass is 35.5. The Balaban J connectivity index is 2.65. The van der Waals surface area contributed by atoms with Crippen LogP contribution in [0.25, 0.3) is 0 Å². The van der Waals surface area contributed by atoms with Crippen LogP contribution in [0.15, 0.2) is 29.3 Å². The van der Waals surface area contributed by atoms with E-state index in [9.17, 15) is 0 Å². The normalized spacial score (nSPS) is 12.6. The summed E-state index contributed by atoms with van der Waals surface area (Å²) in [6, 6.07) is 7.82. The highest BCUT2D eigenvalue weighted by molar-refractivity contribution is 6.31. The molecule has 0 unspecified atom stereocenters. The molecule has 1 aromatic rings. The number of hydrogen-bond donors (Lipinski definition) is 2. The molecule has 0 aromatic heterocycles. The molecule has 2 N–H and O–H groups in total. The van der Waals surface area contributed by atoms with E-state index in [4.69, 9.17) is 11.6 Å². The first-order valence-electron chi connectivity index (χ1n) is 7.74. The largest absolute Gasteiger partial charge is 0.357 e. The second kappa shape index (κ2) is 9.01. The molecule has 124 valence electrons. The van der Waals surface area contributed by atoms with E-state index in [2.05, 4.69) is 55.4 Å². The predicted octanol–water partition coefficient (Wildman–Crippen LogP) is 2.98. The van der Waals surface area contributed by atoms with Gasteiger partial charge in [0.15, 0.2) is 5.96 Å². The summed E-state index contributed by atoms with van der Waals surface area (Å²) < 4.78 is 0. The Kier molecular flexibility index (Phi) is 7.69. The fourth-order valence-corrected chi connectivity index (χ4v) is 2.56. The van der Waals surface area contributed by atoms with Crippen LogP contribution >= 0.6 is 11.6 Å². The van der Waals surface area contributed by atoms with Crippen molar-refractivity contribution in [2.24, 2.45) is 10.4 Å². The van der Waals surface area contributed by atoms with E-state index >= 15 is 0 Å². The topological polar surface area (TPSA) is 39.7 Å². The molecule has 0 aliphatic carbocycles. The maximum absolute atomic E-state index is 6.18. The van der Waals surface area contributed by atoms with Crippen molar-refractivity contribution in [1.82, 2.24) is 15.5 Å². The molecule has 0 spiro atoms. The summed E-state index contributed by atoms with van der Waals surface area (Å²) in [7, 11) is 4.19. The van der Waals surface area contributed by atoms with Crippen molar-refractivity contribution in [3.63, 3.8) is 0 Å². The van der Waals surface area contributed by atoms with Crippen LogP contribution in [0.5, 0.6) is 0 Å². The van der Waals surface area contributed by atoms with Gasteiger partial charge in [0, 0.05) is 24.7 Å². The first-order chi connectivity index (χ1) is 10.3. The molecule has 0 heterocycles. The molecule has 4 nitrogen and oxygen atoms in total. The molecule has 0 saturated carbocycles. The van der Waals surface area contributed by atoms with Crippen molar-refractivity contribution in [3.8, 4) is 0 Å². The van der Waals surface area contributed by atoms with Crippen molar-refractivity contribution < 1.29 is 0 Å². The monoisotopic (exact) mass is 324 g/mol. The van der Waals surface area contributed by atoms with E-state index < -0.39 is 0 Å². The minimum atomic E-state index is 0.171. The zero-order valence-corrected chi connectivity index (χ0v) is 15.2. The number of hydrogen-bond acceptors (Lipinski definition) is 2. The van der Waals surface area contributed by atoms with Gasteiger partial charge in [0.05, 0.1) is 6.54 Å². The molecular formula is C17H29ClN4. The second-order valence-electron chi connectivity index (χ2n) is 6.54. The lowest BCUT2D eigenvalue weighted by Gasteiger charge is -2.29. The van der Waals surface area contributed by atoms with Gasteiger partial charge in [-0.05, 0) is 38.1 Å². The van der Waals surface area contributed by atoms with Crippen LogP contribution < -0.4 is 10.6 Å². The molecule has 1 rings (SSSR count). The van der Waals surface area contributed by atoms with Gasteiger partial charge in [-0.25, -0.2) is 4.99 Å². The van der Waals surface area contributed by atoms with Crippen LogP contribution in [0.3, 0.4) is 0 Å². The summed E-state index contributed by atoms with van der Waals surface area (Å²) in [6.07, 6.45) is 0. The van der Waals surface area contributed by atoms with Crippen LogP contribution in [-0.2, 0) is 6.54 Å². The van der Waals surface area contributed by atoms with Crippen molar-refractivity contribution in [2.75, 3.05) is 33.7 Å². The molecule has 0 fully saturated rings. The van der Waals surface area contributed by atoms with Crippen LogP contribution in [-0.4, -0.2) is 44.6 Å². The van der Waals surface area contributed by atoms with Crippen molar-refractivity contribution in [3.05, 3.63) is 34.9 Å². The summed E-state index contributed by atoms with van der Waals surface area (Å²) >= 11 is 6.18. The average Bonchev–Trinajstić information content (AvgIpc) is 2.42. The van der Waals surface area contributed by atoms with Crippen LogP contribution in [0.1, 0.15) is 26.3 Å². The predicted molar refractivity (Wildman–Crippen MR) is 96.6 cm³/mol. The van der Waals surface area contributed by atoms with Gasteiger partial charge in [0.2, 0.25) is 0 Å². The fraction of sp³-hybridized carbons (Fsp3) is 0.588. The average molecular weight is 325 g/mol. The number of nitrogens with one attached hydrogen (secondary N) is 2. The summed E-state index contributed by atoms with van der Waals surface area (Å²) in [5.74, 6) is 0.828. The lowest BCUT2D eigenvalue weighted by atomic mass is 9.93. The zero-order chi connectivity index (χ0) is 16.6. The molecule has 0 atom stereocenters. The Morgan fingerprint density at radius 2 is 1.91 bits per heavy atom. The lowest BCUT2D eigenvalue weighted by molar-refractivity contribution is 0.241. The van der Waals surface area contributed by atoms with Gasteiger partial charge in [0.25, 0.3) is 0 Å². The molecule has 0 radical (unpaired) electrons. The number of aliphatic imine (C=N–C) groups is 1. The highest BCUT2D eigenvalue weighted by Crippen LogP contribution is 2.16. The van der Waals surface area contributed by atoms with E-state index in [0.717, 1.165) is 36.2 Å². The Labute approximate surface area is 140 Å². The molecule has 0 saturated heterocycles. The minimum absolute atomic E-state index is 0.171. The molecule has 0 aliphatic rings. The van der Waals surface area contributed by atoms with Crippen molar-refractivity contribution >= 4 is 17.6 Å². The highest BCUT2D eigenvalue weighted by Gasteiger charge is 2.19. The SMILES string of the molecule is CCNC(=NCc1ccccc1Cl)NCC(C)(C)CN(C)C. The van der Waals surface area contributed by atoms with Crippen LogP contribution in [0.2, 0.25) is 5.02 Å². The Bertz CT molecular complexity index is 483. The summed E-state index contributed by atoms with van der Waals surface area (Å²) in [5.41, 5.74) is 1.21. The third-order valence-electron chi connectivity index (χ3n) is 3.19. The van der Waals surface area contributed by atoms with Gasteiger partial charge in [-0.3, -0.25) is 0 Å². The van der Waals surface area contributed by atoms with Crippen LogP contribution in [0, 0.1) is 5.41 Å². The molecule has 22 heavy (non-hydrogen) atoms. The number of rotatable bonds is 7. The molecule has 0 aliphatic heterocycles. The Morgan fingerprint density at radius 3 is 2.50 bits per heavy atom. The zero-order valence-electron chi connectivity index (χ0n) is 14.4. The third-order valence-corrected chi connectivity index (χ3v) is 3.56. The molecule has 0 bridgehead atoms. The quantitative estimate of drug-likeness (QED) is 0.598. The Hall–Kier alpha value is -1.26. The summed E-state index contributed by atoms with van der Waals surface area (Å²) in [5, 5.41) is 7.46. The van der Waals surface area contributed by atoms with Crippen molar-refractivity contribution in [2.45, 2.75) is 27.3 Å². The summed E-state index contributed by atoms with van der Waals surface area (Å²) in [6.45, 7) is 9.85. The second-order valence-corrected chi connectivity index (χ2v) is 6.95. The number of guanidine groups is 1. The van der Waals surface area contributed by atoms with Gasteiger partial charge >= 0.3 is 0 Å². The van der Waals surface area contributed by atoms with Gasteiger partial charge in [-0.1, -0.05) is 43.6 Å². The molecular weight excluding hydrogens is 296 g/mol. The van der Waals surface area contributed by atoms with E-state index in [-0.39, 0.29) is 5.41 Å².